The molecular formula is C13H9BrF2N2. The third kappa shape index (κ3) is 2.73. The molecule has 0 radical (unpaired) electrons. The van der Waals surface area contributed by atoms with E-state index in [0.717, 1.165) is 12.1 Å². The van der Waals surface area contributed by atoms with Crippen molar-refractivity contribution in [3.63, 3.8) is 0 Å². The molecule has 0 atom stereocenters. The Hall–Kier alpha value is -1.75. The van der Waals surface area contributed by atoms with E-state index in [0.29, 0.717) is 5.56 Å². The normalized spacial score (nSPS) is 11.6. The SMILES string of the molecule is NC(=Nc1cc(F)c(Br)cc1F)c1ccccc1. The Kier molecular flexibility index (Phi) is 3.72. The van der Waals surface area contributed by atoms with Crippen LogP contribution in [0.15, 0.2) is 51.9 Å². The van der Waals surface area contributed by atoms with Gasteiger partial charge in [0.05, 0.1) is 4.47 Å². The molecule has 2 aromatic rings. The Morgan fingerprint density at radius 3 is 2.39 bits per heavy atom. The summed E-state index contributed by atoms with van der Waals surface area (Å²) in [6.07, 6.45) is 0. The number of nitrogens with two attached hydrogens (primary N) is 1. The lowest BCUT2D eigenvalue weighted by Gasteiger charge is -2.03. The summed E-state index contributed by atoms with van der Waals surface area (Å²) in [6.45, 7) is 0. The average Bonchev–Trinajstić information content (AvgIpc) is 2.37. The first kappa shape index (κ1) is 12.7. The van der Waals surface area contributed by atoms with Gasteiger partial charge in [0.25, 0.3) is 0 Å². The zero-order valence-electron chi connectivity index (χ0n) is 9.20. The van der Waals surface area contributed by atoms with Crippen molar-refractivity contribution in [3.05, 3.63) is 64.1 Å². The van der Waals surface area contributed by atoms with E-state index in [1.165, 1.54) is 0 Å². The van der Waals surface area contributed by atoms with Crippen molar-refractivity contribution in [3.8, 4) is 0 Å². The largest absolute Gasteiger partial charge is 0.383 e. The Labute approximate surface area is 111 Å². The molecule has 0 spiro atoms. The van der Waals surface area contributed by atoms with Crippen LogP contribution in [-0.2, 0) is 0 Å². The number of benzene rings is 2. The summed E-state index contributed by atoms with van der Waals surface area (Å²) in [6, 6.07) is 10.9. The minimum atomic E-state index is -0.637. The smallest absolute Gasteiger partial charge is 0.150 e. The van der Waals surface area contributed by atoms with Gasteiger partial charge >= 0.3 is 0 Å². The number of halogens is 3. The van der Waals surface area contributed by atoms with Gasteiger partial charge in [-0.25, -0.2) is 13.8 Å². The monoisotopic (exact) mass is 310 g/mol. The van der Waals surface area contributed by atoms with Crippen LogP contribution in [0.25, 0.3) is 0 Å². The molecule has 92 valence electrons. The second-order valence-corrected chi connectivity index (χ2v) is 4.44. The van der Waals surface area contributed by atoms with Crippen LogP contribution in [0.3, 0.4) is 0 Å². The maximum atomic E-state index is 13.5. The van der Waals surface area contributed by atoms with Gasteiger partial charge in [-0.2, -0.15) is 0 Å². The van der Waals surface area contributed by atoms with Crippen molar-refractivity contribution < 1.29 is 8.78 Å². The lowest BCUT2D eigenvalue weighted by atomic mass is 10.2. The molecule has 0 aliphatic carbocycles. The first-order valence-electron chi connectivity index (χ1n) is 5.12. The van der Waals surface area contributed by atoms with Gasteiger partial charge < -0.3 is 5.73 Å². The van der Waals surface area contributed by atoms with Crippen LogP contribution in [0, 0.1) is 11.6 Å². The lowest BCUT2D eigenvalue weighted by Crippen LogP contribution is -2.12. The summed E-state index contributed by atoms with van der Waals surface area (Å²) in [5.74, 6) is -1.09. The van der Waals surface area contributed by atoms with E-state index in [9.17, 15) is 8.78 Å². The second-order valence-electron chi connectivity index (χ2n) is 3.58. The molecule has 0 fully saturated rings. The minimum absolute atomic E-state index is 0.0530. The lowest BCUT2D eigenvalue weighted by molar-refractivity contribution is 0.596. The number of amidine groups is 1. The van der Waals surface area contributed by atoms with Crippen LogP contribution in [0.2, 0.25) is 0 Å². The Morgan fingerprint density at radius 1 is 1.06 bits per heavy atom. The van der Waals surface area contributed by atoms with E-state index >= 15 is 0 Å². The minimum Gasteiger partial charge on any atom is -0.383 e. The molecule has 0 saturated carbocycles. The fourth-order valence-corrected chi connectivity index (χ4v) is 1.72. The van der Waals surface area contributed by atoms with Crippen molar-refractivity contribution in [2.24, 2.45) is 10.7 Å². The number of nitrogens with zero attached hydrogens (tertiary/aromatic N) is 1. The van der Waals surface area contributed by atoms with E-state index in [1.807, 2.05) is 6.07 Å². The van der Waals surface area contributed by atoms with Crippen LogP contribution < -0.4 is 5.73 Å². The number of aliphatic imine (C=N–C) groups is 1. The molecule has 18 heavy (non-hydrogen) atoms. The molecule has 2 nitrogen and oxygen atoms in total. The van der Waals surface area contributed by atoms with Gasteiger partial charge in [-0.15, -0.1) is 0 Å². The summed E-state index contributed by atoms with van der Waals surface area (Å²) in [5.41, 5.74) is 6.26. The maximum Gasteiger partial charge on any atom is 0.150 e. The predicted octanol–water partition coefficient (Wildman–Crippen LogP) is 3.76. The molecule has 0 aliphatic heterocycles. The zero-order chi connectivity index (χ0) is 13.1. The average molecular weight is 311 g/mol. The van der Waals surface area contributed by atoms with Gasteiger partial charge in [0, 0.05) is 11.6 Å². The number of rotatable bonds is 2. The van der Waals surface area contributed by atoms with E-state index in [-0.39, 0.29) is 16.0 Å². The van der Waals surface area contributed by atoms with Crippen LogP contribution in [0.4, 0.5) is 14.5 Å². The van der Waals surface area contributed by atoms with Crippen LogP contribution in [-0.4, -0.2) is 5.84 Å². The molecule has 0 aliphatic rings. The Bertz CT molecular complexity index is 597. The number of hydrogen-bond donors (Lipinski definition) is 1. The van der Waals surface area contributed by atoms with Gasteiger partial charge in [0.15, 0.2) is 0 Å². The predicted molar refractivity (Wildman–Crippen MR) is 70.9 cm³/mol. The highest BCUT2D eigenvalue weighted by atomic mass is 79.9. The van der Waals surface area contributed by atoms with Crippen molar-refractivity contribution in [1.29, 1.82) is 0 Å². The molecule has 5 heteroatoms. The summed E-state index contributed by atoms with van der Waals surface area (Å²) in [7, 11) is 0. The van der Waals surface area contributed by atoms with Crippen LogP contribution in [0.5, 0.6) is 0 Å². The molecule has 0 aromatic heterocycles. The quantitative estimate of drug-likeness (QED) is 0.512. The standard InChI is InChI=1S/C13H9BrF2N2/c14-9-6-11(16)12(7-10(9)15)18-13(17)8-4-2-1-3-5-8/h1-7H,(H2,17,18). The van der Waals surface area contributed by atoms with Crippen molar-refractivity contribution in [2.75, 3.05) is 0 Å². The Morgan fingerprint density at radius 2 is 1.72 bits per heavy atom. The van der Waals surface area contributed by atoms with E-state index in [2.05, 4.69) is 20.9 Å². The van der Waals surface area contributed by atoms with Gasteiger partial charge in [0.1, 0.15) is 23.2 Å². The van der Waals surface area contributed by atoms with Crippen LogP contribution in [0.1, 0.15) is 5.56 Å². The summed E-state index contributed by atoms with van der Waals surface area (Å²) in [5, 5.41) is 0. The van der Waals surface area contributed by atoms with Crippen molar-refractivity contribution >= 4 is 27.5 Å². The molecule has 0 bridgehead atoms. The molecule has 0 saturated heterocycles. The molecule has 0 unspecified atom stereocenters. The van der Waals surface area contributed by atoms with Crippen molar-refractivity contribution in [1.82, 2.24) is 0 Å². The second kappa shape index (κ2) is 5.27. The van der Waals surface area contributed by atoms with Gasteiger partial charge in [-0.05, 0) is 22.0 Å². The third-order valence-corrected chi connectivity index (χ3v) is 2.91. The van der Waals surface area contributed by atoms with E-state index in [1.54, 1.807) is 24.3 Å². The fraction of sp³-hybridized carbons (Fsp3) is 0. The van der Waals surface area contributed by atoms with Gasteiger partial charge in [-0.1, -0.05) is 30.3 Å². The highest BCUT2D eigenvalue weighted by Crippen LogP contribution is 2.25. The van der Waals surface area contributed by atoms with Crippen molar-refractivity contribution in [2.45, 2.75) is 0 Å². The highest BCUT2D eigenvalue weighted by molar-refractivity contribution is 9.10. The highest BCUT2D eigenvalue weighted by Gasteiger charge is 2.08. The Balaban J connectivity index is 2.42. The fourth-order valence-electron chi connectivity index (χ4n) is 1.40. The topological polar surface area (TPSA) is 38.4 Å². The first-order chi connectivity index (χ1) is 8.58. The van der Waals surface area contributed by atoms with Gasteiger partial charge in [-0.3, -0.25) is 0 Å². The molecule has 2 N–H and O–H groups in total. The number of hydrogen-bond acceptors (Lipinski definition) is 1. The van der Waals surface area contributed by atoms with Crippen LogP contribution >= 0.6 is 15.9 Å². The maximum absolute atomic E-state index is 13.5. The van der Waals surface area contributed by atoms with E-state index in [4.69, 9.17) is 5.73 Å². The zero-order valence-corrected chi connectivity index (χ0v) is 10.8. The molecule has 2 rings (SSSR count). The van der Waals surface area contributed by atoms with E-state index < -0.39 is 11.6 Å². The third-order valence-electron chi connectivity index (χ3n) is 2.30. The summed E-state index contributed by atoms with van der Waals surface area (Å²) >= 11 is 2.90. The first-order valence-corrected chi connectivity index (χ1v) is 5.91. The summed E-state index contributed by atoms with van der Waals surface area (Å²) in [4.78, 5) is 3.89. The summed E-state index contributed by atoms with van der Waals surface area (Å²) < 4.78 is 26.9. The molecule has 2 aromatic carbocycles. The molecular weight excluding hydrogens is 302 g/mol. The molecule has 0 amide bonds. The van der Waals surface area contributed by atoms with Gasteiger partial charge in [0.2, 0.25) is 0 Å². The molecule has 0 heterocycles.